The molecule has 1 fully saturated rings. The Kier molecular flexibility index (Phi) is 2.66. The number of hydrogen-bond acceptors (Lipinski definition) is 2. The molecule has 1 heterocycles. The third kappa shape index (κ3) is 1.79. The molecule has 1 N–H and O–H groups in total. The van der Waals surface area contributed by atoms with Gasteiger partial charge >= 0.3 is 0 Å². The number of rotatable bonds is 2. The summed E-state index contributed by atoms with van der Waals surface area (Å²) in [6.07, 6.45) is 2.02. The second kappa shape index (κ2) is 3.20. The zero-order valence-electron chi connectivity index (χ0n) is 7.26. The van der Waals surface area contributed by atoms with Crippen LogP contribution in [0.4, 0.5) is 0 Å². The van der Waals surface area contributed by atoms with E-state index < -0.39 is 0 Å². The van der Waals surface area contributed by atoms with E-state index in [4.69, 9.17) is 0 Å². The van der Waals surface area contributed by atoms with E-state index in [2.05, 4.69) is 13.5 Å². The molecule has 64 valence electrons. The fourth-order valence-corrected chi connectivity index (χ4v) is 2.94. The molecule has 0 aromatic rings. The van der Waals surface area contributed by atoms with Crippen LogP contribution in [0.1, 0.15) is 26.7 Å². The van der Waals surface area contributed by atoms with Crippen LogP contribution in [-0.4, -0.2) is 21.7 Å². The van der Waals surface area contributed by atoms with E-state index in [1.165, 1.54) is 12.2 Å². The van der Waals surface area contributed by atoms with Gasteiger partial charge in [-0.3, -0.25) is 0 Å². The fourth-order valence-electron chi connectivity index (χ4n) is 1.54. The second-order valence-electron chi connectivity index (χ2n) is 3.51. The van der Waals surface area contributed by atoms with Crippen LogP contribution in [0.5, 0.6) is 0 Å². The van der Waals surface area contributed by atoms with Crippen molar-refractivity contribution in [3.63, 3.8) is 0 Å². The van der Waals surface area contributed by atoms with E-state index in [0.717, 1.165) is 12.0 Å². The van der Waals surface area contributed by atoms with Gasteiger partial charge in [-0.05, 0) is 32.4 Å². The molecular formula is C9H16OS. The maximum Gasteiger partial charge on any atom is 0.0888 e. The van der Waals surface area contributed by atoms with E-state index in [1.54, 1.807) is 0 Å². The Hall–Kier alpha value is 0.0500. The summed E-state index contributed by atoms with van der Waals surface area (Å²) in [5.41, 5.74) is 0.891. The molecule has 1 rings (SSSR count). The van der Waals surface area contributed by atoms with Crippen molar-refractivity contribution < 1.29 is 5.11 Å². The average Bonchev–Trinajstić information content (AvgIpc) is 2.35. The van der Waals surface area contributed by atoms with Crippen LogP contribution in [0.15, 0.2) is 12.2 Å². The molecule has 1 aliphatic heterocycles. The quantitative estimate of drug-likeness (QED) is 0.644. The molecule has 0 amide bonds. The molecule has 2 unspecified atom stereocenters. The Morgan fingerprint density at radius 1 is 1.73 bits per heavy atom. The minimum Gasteiger partial charge on any atom is -0.387 e. The van der Waals surface area contributed by atoms with Crippen molar-refractivity contribution in [3.05, 3.63) is 12.2 Å². The minimum atomic E-state index is -0.324. The van der Waals surface area contributed by atoms with E-state index in [0.29, 0.717) is 0 Å². The van der Waals surface area contributed by atoms with Gasteiger partial charge in [0.15, 0.2) is 0 Å². The van der Waals surface area contributed by atoms with E-state index in [-0.39, 0.29) is 10.9 Å². The van der Waals surface area contributed by atoms with Gasteiger partial charge in [0, 0.05) is 4.75 Å². The Morgan fingerprint density at radius 3 is 2.73 bits per heavy atom. The highest BCUT2D eigenvalue weighted by Gasteiger charge is 2.36. The average molecular weight is 172 g/mol. The number of hydrogen-bond donors (Lipinski definition) is 1. The van der Waals surface area contributed by atoms with E-state index in [9.17, 15) is 5.11 Å². The minimum absolute atomic E-state index is 0.0475. The van der Waals surface area contributed by atoms with E-state index >= 15 is 0 Å². The number of aliphatic hydroxyl groups excluding tert-OH is 1. The van der Waals surface area contributed by atoms with Crippen molar-refractivity contribution in [2.75, 3.05) is 5.75 Å². The number of aliphatic hydroxyl groups is 1. The Bertz CT molecular complexity index is 159. The monoisotopic (exact) mass is 172 g/mol. The van der Waals surface area contributed by atoms with Gasteiger partial charge < -0.3 is 5.11 Å². The first-order chi connectivity index (χ1) is 5.06. The molecule has 1 aliphatic rings. The van der Waals surface area contributed by atoms with Gasteiger partial charge in [-0.25, -0.2) is 0 Å². The standard InChI is InChI=1S/C9H16OS/c1-7(2)8(10)9(3)5-4-6-11-9/h8,10H,1,4-6H2,2-3H3. The van der Waals surface area contributed by atoms with E-state index in [1.807, 2.05) is 18.7 Å². The smallest absolute Gasteiger partial charge is 0.0888 e. The second-order valence-corrected chi connectivity index (χ2v) is 5.14. The summed E-state index contributed by atoms with van der Waals surface area (Å²) in [7, 11) is 0. The highest BCUT2D eigenvalue weighted by Crippen LogP contribution is 2.41. The molecule has 0 spiro atoms. The summed E-state index contributed by atoms with van der Waals surface area (Å²) in [6.45, 7) is 7.81. The van der Waals surface area contributed by atoms with Crippen molar-refractivity contribution in [1.29, 1.82) is 0 Å². The first kappa shape index (κ1) is 9.14. The molecule has 0 radical (unpaired) electrons. The third-order valence-electron chi connectivity index (χ3n) is 2.29. The van der Waals surface area contributed by atoms with Gasteiger partial charge in [0.25, 0.3) is 0 Å². The third-order valence-corrected chi connectivity index (χ3v) is 3.87. The summed E-state index contributed by atoms with van der Waals surface area (Å²) in [6, 6.07) is 0. The van der Waals surface area contributed by atoms with Gasteiger partial charge in [-0.1, -0.05) is 12.2 Å². The predicted molar refractivity (Wildman–Crippen MR) is 50.9 cm³/mol. The van der Waals surface area contributed by atoms with Crippen molar-refractivity contribution in [2.45, 2.75) is 37.5 Å². The molecule has 0 aliphatic carbocycles. The molecule has 11 heavy (non-hydrogen) atoms. The molecule has 0 bridgehead atoms. The molecular weight excluding hydrogens is 156 g/mol. The lowest BCUT2D eigenvalue weighted by Crippen LogP contribution is -2.34. The van der Waals surface area contributed by atoms with Crippen LogP contribution >= 0.6 is 11.8 Å². The summed E-state index contributed by atoms with van der Waals surface area (Å²) < 4.78 is 0.0475. The van der Waals surface area contributed by atoms with Gasteiger partial charge in [0.05, 0.1) is 6.10 Å². The lowest BCUT2D eigenvalue weighted by molar-refractivity contribution is 0.168. The van der Waals surface area contributed by atoms with Crippen molar-refractivity contribution in [2.24, 2.45) is 0 Å². The molecule has 0 aromatic carbocycles. The summed E-state index contributed by atoms with van der Waals surface area (Å²) in [5, 5.41) is 9.77. The molecule has 2 atom stereocenters. The van der Waals surface area contributed by atoms with Crippen LogP contribution < -0.4 is 0 Å². The fraction of sp³-hybridized carbons (Fsp3) is 0.778. The first-order valence-electron chi connectivity index (χ1n) is 4.04. The normalized spacial score (nSPS) is 33.7. The predicted octanol–water partition coefficient (Wildman–Crippen LogP) is 2.21. The molecule has 0 saturated carbocycles. The first-order valence-corrected chi connectivity index (χ1v) is 5.02. The van der Waals surface area contributed by atoms with Gasteiger partial charge in [0.2, 0.25) is 0 Å². The summed E-state index contributed by atoms with van der Waals surface area (Å²) in [4.78, 5) is 0. The molecule has 1 nitrogen and oxygen atoms in total. The SMILES string of the molecule is C=C(C)C(O)C1(C)CCCS1. The highest BCUT2D eigenvalue weighted by atomic mass is 32.2. The lowest BCUT2D eigenvalue weighted by Gasteiger charge is -2.29. The van der Waals surface area contributed by atoms with Crippen LogP contribution in [0, 0.1) is 0 Å². The van der Waals surface area contributed by atoms with Crippen LogP contribution in [0.25, 0.3) is 0 Å². The molecule has 1 saturated heterocycles. The van der Waals surface area contributed by atoms with Gasteiger partial charge in [-0.15, -0.1) is 0 Å². The van der Waals surface area contributed by atoms with Crippen molar-refractivity contribution >= 4 is 11.8 Å². The molecule has 0 aromatic heterocycles. The summed E-state index contributed by atoms with van der Waals surface area (Å²) >= 11 is 1.87. The highest BCUT2D eigenvalue weighted by molar-refractivity contribution is 8.00. The Labute approximate surface area is 72.9 Å². The molecule has 2 heteroatoms. The van der Waals surface area contributed by atoms with Crippen LogP contribution in [0.3, 0.4) is 0 Å². The van der Waals surface area contributed by atoms with Gasteiger partial charge in [0.1, 0.15) is 0 Å². The van der Waals surface area contributed by atoms with Crippen LogP contribution in [-0.2, 0) is 0 Å². The van der Waals surface area contributed by atoms with Crippen molar-refractivity contribution in [1.82, 2.24) is 0 Å². The zero-order valence-corrected chi connectivity index (χ0v) is 8.08. The largest absolute Gasteiger partial charge is 0.387 e. The summed E-state index contributed by atoms with van der Waals surface area (Å²) in [5.74, 6) is 1.18. The Morgan fingerprint density at radius 2 is 2.36 bits per heavy atom. The van der Waals surface area contributed by atoms with Crippen LogP contribution in [0.2, 0.25) is 0 Å². The lowest BCUT2D eigenvalue weighted by atomic mass is 9.94. The Balaban J connectivity index is 2.63. The maximum atomic E-state index is 9.77. The topological polar surface area (TPSA) is 20.2 Å². The van der Waals surface area contributed by atoms with Gasteiger partial charge in [-0.2, -0.15) is 11.8 Å². The maximum absolute atomic E-state index is 9.77. The van der Waals surface area contributed by atoms with Crippen molar-refractivity contribution in [3.8, 4) is 0 Å². The number of thioether (sulfide) groups is 1. The zero-order chi connectivity index (χ0) is 8.48.